The molecule has 0 spiro atoms. The molecular formula is C6H3F3O. The fourth-order valence-corrected chi connectivity index (χ4v) is 0.516. The van der Waals surface area contributed by atoms with Crippen LogP contribution in [0.25, 0.3) is 0 Å². The van der Waals surface area contributed by atoms with Gasteiger partial charge in [-0.05, 0) is 12.1 Å². The van der Waals surface area contributed by atoms with Crippen LogP contribution in [0.1, 0.15) is 0 Å². The maximum Gasteiger partial charge on any atom is 0.203 e. The van der Waals surface area contributed by atoms with Crippen LogP contribution in [-0.2, 0) is 0 Å². The first-order chi connectivity index (χ1) is 4.63. The summed E-state index contributed by atoms with van der Waals surface area (Å²) in [5, 5.41) is 8.44. The summed E-state index contributed by atoms with van der Waals surface area (Å²) in [5.41, 5.74) is 0. The van der Waals surface area contributed by atoms with Gasteiger partial charge in [0.1, 0.15) is 0 Å². The molecule has 0 fully saturated rings. The van der Waals surface area contributed by atoms with Crippen molar-refractivity contribution in [3.63, 3.8) is 0 Å². The summed E-state index contributed by atoms with van der Waals surface area (Å²) < 4.78 is 36.2. The first kappa shape index (κ1) is 6.92. The summed E-state index contributed by atoms with van der Waals surface area (Å²) in [6.45, 7) is 0. The van der Waals surface area contributed by atoms with Crippen LogP contribution in [0.3, 0.4) is 0 Å². The molecule has 0 saturated carbocycles. The molecule has 1 aromatic carbocycles. The van der Waals surface area contributed by atoms with E-state index in [1.54, 1.807) is 0 Å². The van der Waals surface area contributed by atoms with Gasteiger partial charge >= 0.3 is 0 Å². The molecule has 4 heteroatoms. The van der Waals surface area contributed by atoms with Crippen molar-refractivity contribution in [2.24, 2.45) is 0 Å². The maximum absolute atomic E-state index is 12.1. The molecule has 1 nitrogen and oxygen atoms in total. The molecule has 1 rings (SSSR count). The van der Waals surface area contributed by atoms with E-state index in [0.29, 0.717) is 6.07 Å². The molecule has 10 heavy (non-hydrogen) atoms. The third-order valence-electron chi connectivity index (χ3n) is 1.01. The summed E-state index contributed by atoms with van der Waals surface area (Å²) in [7, 11) is 0. The van der Waals surface area contributed by atoms with Crippen LogP contribution in [-0.4, -0.2) is 5.11 Å². The highest BCUT2D eigenvalue weighted by molar-refractivity contribution is 5.24. The number of phenols is 1. The van der Waals surface area contributed by atoms with Gasteiger partial charge in [0.15, 0.2) is 17.4 Å². The minimum atomic E-state index is -1.65. The average molecular weight is 148 g/mol. The Morgan fingerprint density at radius 2 is 1.60 bits per heavy atom. The van der Waals surface area contributed by atoms with Crippen molar-refractivity contribution in [1.82, 2.24) is 0 Å². The van der Waals surface area contributed by atoms with Gasteiger partial charge in [0.25, 0.3) is 0 Å². The normalized spacial score (nSPS) is 9.90. The summed E-state index contributed by atoms with van der Waals surface area (Å²) >= 11 is 0. The molecule has 1 N–H and O–H groups in total. The standard InChI is InChI=1S/C6H3F3O/c7-3-1-2-4(10)6(9)5(3)8/h1-2,10H. The summed E-state index contributed by atoms with van der Waals surface area (Å²) in [5.74, 6) is -5.41. The molecule has 1 aromatic rings. The van der Waals surface area contributed by atoms with Gasteiger partial charge in [0, 0.05) is 0 Å². The Labute approximate surface area is 54.7 Å². The van der Waals surface area contributed by atoms with Crippen LogP contribution in [0.2, 0.25) is 0 Å². The molecule has 0 saturated heterocycles. The molecule has 0 unspecified atom stereocenters. The smallest absolute Gasteiger partial charge is 0.203 e. The zero-order chi connectivity index (χ0) is 7.72. The molecule has 0 amide bonds. The molecule has 0 radical (unpaired) electrons. The highest BCUT2D eigenvalue weighted by Crippen LogP contribution is 2.19. The topological polar surface area (TPSA) is 20.2 Å². The lowest BCUT2D eigenvalue weighted by Gasteiger charge is -1.95. The van der Waals surface area contributed by atoms with Gasteiger partial charge in [-0.25, -0.2) is 8.78 Å². The average Bonchev–Trinajstić information content (AvgIpc) is 1.93. The number of rotatable bonds is 0. The van der Waals surface area contributed by atoms with Crippen LogP contribution in [0.15, 0.2) is 12.1 Å². The van der Waals surface area contributed by atoms with Crippen LogP contribution in [0.5, 0.6) is 5.75 Å². The Balaban J connectivity index is 3.34. The first-order valence-electron chi connectivity index (χ1n) is 2.45. The lowest BCUT2D eigenvalue weighted by atomic mass is 10.3. The third-order valence-corrected chi connectivity index (χ3v) is 1.01. The number of hydrogen-bond acceptors (Lipinski definition) is 1. The van der Waals surface area contributed by atoms with Gasteiger partial charge in [-0.15, -0.1) is 0 Å². The predicted octanol–water partition coefficient (Wildman–Crippen LogP) is 1.81. The molecule has 0 aliphatic carbocycles. The number of phenolic OH excluding ortho intramolecular Hbond substituents is 1. The Morgan fingerprint density at radius 1 is 1.00 bits per heavy atom. The van der Waals surface area contributed by atoms with Gasteiger partial charge in [-0.1, -0.05) is 0 Å². The predicted molar refractivity (Wildman–Crippen MR) is 28.0 cm³/mol. The Hall–Kier alpha value is -1.19. The van der Waals surface area contributed by atoms with E-state index in [9.17, 15) is 13.2 Å². The van der Waals surface area contributed by atoms with Crippen LogP contribution >= 0.6 is 0 Å². The first-order valence-corrected chi connectivity index (χ1v) is 2.45. The SMILES string of the molecule is Oc1ccc(F)c(F)c1F. The second-order valence-electron chi connectivity index (χ2n) is 1.69. The van der Waals surface area contributed by atoms with Gasteiger partial charge in [-0.3, -0.25) is 0 Å². The summed E-state index contributed by atoms with van der Waals surface area (Å²) in [4.78, 5) is 0. The number of halogens is 3. The Morgan fingerprint density at radius 3 is 2.10 bits per heavy atom. The Bertz CT molecular complexity index is 232. The van der Waals surface area contributed by atoms with Crippen molar-refractivity contribution in [1.29, 1.82) is 0 Å². The van der Waals surface area contributed by atoms with E-state index in [4.69, 9.17) is 5.11 Å². The zero-order valence-corrected chi connectivity index (χ0v) is 4.74. The molecule has 0 aromatic heterocycles. The fraction of sp³-hybridized carbons (Fsp3) is 0. The van der Waals surface area contributed by atoms with Crippen LogP contribution in [0, 0.1) is 17.5 Å². The molecule has 0 aliphatic rings. The largest absolute Gasteiger partial charge is 0.505 e. The Kier molecular flexibility index (Phi) is 1.53. The molecule has 0 heterocycles. The van der Waals surface area contributed by atoms with Crippen molar-refractivity contribution in [2.75, 3.05) is 0 Å². The van der Waals surface area contributed by atoms with Crippen molar-refractivity contribution in [3.05, 3.63) is 29.6 Å². The van der Waals surface area contributed by atoms with E-state index >= 15 is 0 Å². The van der Waals surface area contributed by atoms with Crippen molar-refractivity contribution in [2.45, 2.75) is 0 Å². The van der Waals surface area contributed by atoms with Crippen LogP contribution < -0.4 is 0 Å². The van der Waals surface area contributed by atoms with Gasteiger partial charge in [0.05, 0.1) is 0 Å². The molecular weight excluding hydrogens is 145 g/mol. The van der Waals surface area contributed by atoms with Crippen molar-refractivity contribution >= 4 is 0 Å². The lowest BCUT2D eigenvalue weighted by Crippen LogP contribution is -1.88. The monoisotopic (exact) mass is 148 g/mol. The zero-order valence-electron chi connectivity index (χ0n) is 4.74. The fourth-order valence-electron chi connectivity index (χ4n) is 0.516. The van der Waals surface area contributed by atoms with Crippen molar-refractivity contribution < 1.29 is 18.3 Å². The number of hydrogen-bond donors (Lipinski definition) is 1. The molecule has 0 aliphatic heterocycles. The van der Waals surface area contributed by atoms with E-state index in [-0.39, 0.29) is 0 Å². The van der Waals surface area contributed by atoms with E-state index in [0.717, 1.165) is 6.07 Å². The third kappa shape index (κ3) is 0.920. The minimum Gasteiger partial charge on any atom is -0.505 e. The molecule has 0 bridgehead atoms. The van der Waals surface area contributed by atoms with Crippen LogP contribution in [0.4, 0.5) is 13.2 Å². The van der Waals surface area contributed by atoms with E-state index in [1.807, 2.05) is 0 Å². The minimum absolute atomic E-state index is 0.647. The highest BCUT2D eigenvalue weighted by atomic mass is 19.2. The van der Waals surface area contributed by atoms with E-state index in [2.05, 4.69) is 0 Å². The summed E-state index contributed by atoms with van der Waals surface area (Å²) in [6, 6.07) is 1.39. The quantitative estimate of drug-likeness (QED) is 0.556. The molecule has 0 atom stereocenters. The number of benzene rings is 1. The van der Waals surface area contributed by atoms with E-state index in [1.165, 1.54) is 0 Å². The van der Waals surface area contributed by atoms with Gasteiger partial charge in [0.2, 0.25) is 5.82 Å². The second kappa shape index (κ2) is 2.21. The second-order valence-corrected chi connectivity index (χ2v) is 1.69. The van der Waals surface area contributed by atoms with Gasteiger partial charge < -0.3 is 5.11 Å². The number of aromatic hydroxyl groups is 1. The lowest BCUT2D eigenvalue weighted by molar-refractivity contribution is 0.387. The summed E-state index contributed by atoms with van der Waals surface area (Å²) in [6.07, 6.45) is 0. The maximum atomic E-state index is 12.1. The van der Waals surface area contributed by atoms with E-state index < -0.39 is 23.2 Å². The highest BCUT2D eigenvalue weighted by Gasteiger charge is 2.11. The van der Waals surface area contributed by atoms with Crippen molar-refractivity contribution in [3.8, 4) is 5.75 Å². The molecule has 54 valence electrons. The van der Waals surface area contributed by atoms with Gasteiger partial charge in [-0.2, -0.15) is 4.39 Å².